The van der Waals surface area contributed by atoms with Crippen LogP contribution in [-0.2, 0) is 6.54 Å². The average Bonchev–Trinajstić information content (AvgIpc) is 2.84. The fraction of sp³-hybridized carbons (Fsp3) is 0.364. The number of hydrogen-bond donors (Lipinski definition) is 1. The van der Waals surface area contributed by atoms with Crippen molar-refractivity contribution in [3.63, 3.8) is 0 Å². The maximum Gasteiger partial charge on any atom is 0.211 e. The molecular formula is C11H13BrN2O2. The Morgan fingerprint density at radius 2 is 2.25 bits per heavy atom. The van der Waals surface area contributed by atoms with E-state index in [-0.39, 0.29) is 6.04 Å². The largest absolute Gasteiger partial charge is 0.453 e. The molecule has 0 aliphatic rings. The summed E-state index contributed by atoms with van der Waals surface area (Å²) in [6.07, 6.45) is 1.72. The van der Waals surface area contributed by atoms with E-state index in [0.29, 0.717) is 12.4 Å². The summed E-state index contributed by atoms with van der Waals surface area (Å²) in [7, 11) is 0. The van der Waals surface area contributed by atoms with Gasteiger partial charge < -0.3 is 8.83 Å². The van der Waals surface area contributed by atoms with Crippen LogP contribution < -0.4 is 5.32 Å². The Balaban J connectivity index is 1.91. The maximum atomic E-state index is 5.43. The lowest BCUT2D eigenvalue weighted by molar-refractivity contribution is 0.384. The topological polar surface area (TPSA) is 51.2 Å². The van der Waals surface area contributed by atoms with Crippen molar-refractivity contribution in [2.75, 3.05) is 0 Å². The first-order valence-corrected chi connectivity index (χ1v) is 5.84. The van der Waals surface area contributed by atoms with E-state index in [1.54, 1.807) is 6.20 Å². The molecule has 2 aromatic heterocycles. The van der Waals surface area contributed by atoms with Gasteiger partial charge in [-0.05, 0) is 41.9 Å². The standard InChI is InChI=1S/C11H13BrN2O2/c1-7-5-14-11(15-7)8(2)13-6-9-3-4-10(12)16-9/h3-5,8,13H,6H2,1-2H3. The lowest BCUT2D eigenvalue weighted by atomic mass is 10.3. The van der Waals surface area contributed by atoms with Crippen LogP contribution in [0, 0.1) is 6.92 Å². The molecule has 0 saturated carbocycles. The van der Waals surface area contributed by atoms with Crippen molar-refractivity contribution in [3.05, 3.63) is 40.4 Å². The highest BCUT2D eigenvalue weighted by Crippen LogP contribution is 2.16. The first kappa shape index (κ1) is 11.4. The SMILES string of the molecule is Cc1cnc(C(C)NCc2ccc(Br)o2)o1. The molecule has 2 aromatic rings. The molecule has 0 fully saturated rings. The molecule has 5 heteroatoms. The van der Waals surface area contributed by atoms with Crippen LogP contribution >= 0.6 is 15.9 Å². The van der Waals surface area contributed by atoms with Gasteiger partial charge in [-0.25, -0.2) is 4.98 Å². The molecule has 0 radical (unpaired) electrons. The van der Waals surface area contributed by atoms with Gasteiger partial charge in [0.05, 0.1) is 18.8 Å². The van der Waals surface area contributed by atoms with Gasteiger partial charge in [0.25, 0.3) is 0 Å². The number of hydrogen-bond acceptors (Lipinski definition) is 4. The van der Waals surface area contributed by atoms with Crippen LogP contribution in [0.5, 0.6) is 0 Å². The van der Waals surface area contributed by atoms with Crippen molar-refractivity contribution in [2.24, 2.45) is 0 Å². The number of furan rings is 1. The summed E-state index contributed by atoms with van der Waals surface area (Å²) >= 11 is 3.26. The van der Waals surface area contributed by atoms with E-state index in [4.69, 9.17) is 8.83 Å². The van der Waals surface area contributed by atoms with Gasteiger partial charge in [0.1, 0.15) is 11.5 Å². The second-order valence-electron chi connectivity index (χ2n) is 3.62. The molecule has 0 amide bonds. The molecular weight excluding hydrogens is 272 g/mol. The molecule has 4 nitrogen and oxygen atoms in total. The van der Waals surface area contributed by atoms with Gasteiger partial charge in [-0.15, -0.1) is 0 Å². The van der Waals surface area contributed by atoms with Crippen LogP contribution in [0.3, 0.4) is 0 Å². The van der Waals surface area contributed by atoms with Gasteiger partial charge in [0, 0.05) is 0 Å². The third-order valence-corrected chi connectivity index (χ3v) is 2.65. The summed E-state index contributed by atoms with van der Waals surface area (Å²) in [5.41, 5.74) is 0. The number of nitrogens with one attached hydrogen (secondary N) is 1. The van der Waals surface area contributed by atoms with Crippen LogP contribution in [0.4, 0.5) is 0 Å². The molecule has 0 spiro atoms. The Bertz CT molecular complexity index is 464. The zero-order valence-electron chi connectivity index (χ0n) is 9.16. The third-order valence-electron chi connectivity index (χ3n) is 2.22. The second kappa shape index (κ2) is 4.84. The van der Waals surface area contributed by atoms with Crippen LogP contribution in [0.2, 0.25) is 0 Å². The van der Waals surface area contributed by atoms with Gasteiger partial charge in [0.2, 0.25) is 5.89 Å². The van der Waals surface area contributed by atoms with E-state index in [9.17, 15) is 0 Å². The van der Waals surface area contributed by atoms with Gasteiger partial charge in [-0.3, -0.25) is 5.32 Å². The molecule has 0 aromatic carbocycles. The van der Waals surface area contributed by atoms with E-state index in [0.717, 1.165) is 16.2 Å². The number of aromatic nitrogens is 1. The number of aryl methyl sites for hydroxylation is 1. The molecule has 2 heterocycles. The fourth-order valence-electron chi connectivity index (χ4n) is 1.36. The number of nitrogens with zero attached hydrogens (tertiary/aromatic N) is 1. The molecule has 1 N–H and O–H groups in total. The monoisotopic (exact) mass is 284 g/mol. The zero-order chi connectivity index (χ0) is 11.5. The molecule has 16 heavy (non-hydrogen) atoms. The summed E-state index contributed by atoms with van der Waals surface area (Å²) in [5, 5.41) is 3.27. The van der Waals surface area contributed by atoms with E-state index in [2.05, 4.69) is 26.2 Å². The highest BCUT2D eigenvalue weighted by Gasteiger charge is 2.11. The first-order chi connectivity index (χ1) is 7.65. The van der Waals surface area contributed by atoms with Gasteiger partial charge in [0.15, 0.2) is 4.67 Å². The number of oxazole rings is 1. The lowest BCUT2D eigenvalue weighted by Gasteiger charge is -2.08. The van der Waals surface area contributed by atoms with E-state index in [1.807, 2.05) is 26.0 Å². The number of halogens is 1. The molecule has 2 rings (SSSR count). The Labute approximate surface area is 102 Å². The highest BCUT2D eigenvalue weighted by molar-refractivity contribution is 9.10. The minimum absolute atomic E-state index is 0.0672. The van der Waals surface area contributed by atoms with Crippen molar-refractivity contribution in [2.45, 2.75) is 26.4 Å². The predicted octanol–water partition coefficient (Wildman–Crippen LogP) is 3.19. The highest BCUT2D eigenvalue weighted by atomic mass is 79.9. The van der Waals surface area contributed by atoms with Gasteiger partial charge in [-0.1, -0.05) is 0 Å². The zero-order valence-corrected chi connectivity index (χ0v) is 10.7. The Morgan fingerprint density at radius 3 is 2.81 bits per heavy atom. The Hall–Kier alpha value is -1.07. The number of rotatable bonds is 4. The van der Waals surface area contributed by atoms with E-state index >= 15 is 0 Å². The summed E-state index contributed by atoms with van der Waals surface area (Å²) in [6.45, 7) is 4.53. The van der Waals surface area contributed by atoms with Crippen LogP contribution in [0.1, 0.15) is 30.4 Å². The molecule has 0 aliphatic heterocycles. The minimum atomic E-state index is 0.0672. The van der Waals surface area contributed by atoms with Crippen LogP contribution in [0.25, 0.3) is 0 Å². The quantitative estimate of drug-likeness (QED) is 0.937. The third kappa shape index (κ3) is 2.74. The maximum absolute atomic E-state index is 5.43. The summed E-state index contributed by atoms with van der Waals surface area (Å²) < 4.78 is 11.5. The van der Waals surface area contributed by atoms with Crippen LogP contribution in [0.15, 0.2) is 31.8 Å². The minimum Gasteiger partial charge on any atom is -0.453 e. The summed E-state index contributed by atoms with van der Waals surface area (Å²) in [5.74, 6) is 2.40. The summed E-state index contributed by atoms with van der Waals surface area (Å²) in [4.78, 5) is 4.16. The molecule has 86 valence electrons. The van der Waals surface area contributed by atoms with Crippen molar-refractivity contribution in [1.29, 1.82) is 0 Å². The lowest BCUT2D eigenvalue weighted by Crippen LogP contribution is -2.17. The summed E-state index contributed by atoms with van der Waals surface area (Å²) in [6, 6.07) is 3.86. The van der Waals surface area contributed by atoms with Crippen molar-refractivity contribution >= 4 is 15.9 Å². The van der Waals surface area contributed by atoms with Gasteiger partial charge in [-0.2, -0.15) is 0 Å². The van der Waals surface area contributed by atoms with Gasteiger partial charge >= 0.3 is 0 Å². The smallest absolute Gasteiger partial charge is 0.211 e. The molecule has 0 bridgehead atoms. The average molecular weight is 285 g/mol. The molecule has 0 saturated heterocycles. The fourth-order valence-corrected chi connectivity index (χ4v) is 1.70. The predicted molar refractivity (Wildman–Crippen MR) is 62.9 cm³/mol. The van der Waals surface area contributed by atoms with Crippen molar-refractivity contribution < 1.29 is 8.83 Å². The van der Waals surface area contributed by atoms with Crippen LogP contribution in [-0.4, -0.2) is 4.98 Å². The van der Waals surface area contributed by atoms with E-state index < -0.39 is 0 Å². The Kier molecular flexibility index (Phi) is 3.46. The second-order valence-corrected chi connectivity index (χ2v) is 4.40. The first-order valence-electron chi connectivity index (χ1n) is 5.05. The molecule has 0 aliphatic carbocycles. The normalized spacial score (nSPS) is 12.9. The molecule has 1 atom stereocenters. The molecule has 1 unspecified atom stereocenters. The van der Waals surface area contributed by atoms with E-state index in [1.165, 1.54) is 0 Å². The Morgan fingerprint density at radius 1 is 1.44 bits per heavy atom. The van der Waals surface area contributed by atoms with Crippen molar-refractivity contribution in [3.8, 4) is 0 Å². The van der Waals surface area contributed by atoms with Crippen molar-refractivity contribution in [1.82, 2.24) is 10.3 Å².